The van der Waals surface area contributed by atoms with Crippen LogP contribution in [-0.2, 0) is 0 Å². The minimum atomic E-state index is -0.0773. The molecule has 26 heavy (non-hydrogen) atoms. The Hall–Kier alpha value is -2.79. The van der Waals surface area contributed by atoms with Crippen LogP contribution in [0, 0.1) is 0 Å². The molecule has 0 aliphatic heterocycles. The summed E-state index contributed by atoms with van der Waals surface area (Å²) < 4.78 is 1.69. The molecular formula is C21H19N3OS. The van der Waals surface area contributed by atoms with Crippen LogP contribution in [0.4, 0.5) is 0 Å². The minimum absolute atomic E-state index is 0.0773. The molecule has 4 aromatic rings. The van der Waals surface area contributed by atoms with Gasteiger partial charge in [0, 0.05) is 17.0 Å². The van der Waals surface area contributed by atoms with Gasteiger partial charge in [0.15, 0.2) is 5.16 Å². The first-order valence-electron chi connectivity index (χ1n) is 8.57. The molecule has 0 fully saturated rings. The summed E-state index contributed by atoms with van der Waals surface area (Å²) in [7, 11) is 0. The van der Waals surface area contributed by atoms with Gasteiger partial charge >= 0.3 is 0 Å². The Bertz CT molecular complexity index is 1100. The van der Waals surface area contributed by atoms with E-state index in [-0.39, 0.29) is 5.56 Å². The van der Waals surface area contributed by atoms with Crippen LogP contribution < -0.4 is 5.56 Å². The smallest absolute Gasteiger partial charge is 0.283 e. The van der Waals surface area contributed by atoms with Crippen molar-refractivity contribution in [3.8, 4) is 16.8 Å². The van der Waals surface area contributed by atoms with Crippen LogP contribution in [0.5, 0.6) is 0 Å². The summed E-state index contributed by atoms with van der Waals surface area (Å²) in [6.07, 6.45) is 1.87. The van der Waals surface area contributed by atoms with Crippen LogP contribution in [0.2, 0.25) is 0 Å². The Morgan fingerprint density at radius 2 is 1.65 bits per heavy atom. The molecule has 4 nitrogen and oxygen atoms in total. The van der Waals surface area contributed by atoms with Gasteiger partial charge in [0.05, 0.1) is 5.69 Å². The quantitative estimate of drug-likeness (QED) is 0.416. The van der Waals surface area contributed by atoms with E-state index in [1.807, 2.05) is 66.9 Å². The van der Waals surface area contributed by atoms with Crippen LogP contribution in [0.25, 0.3) is 27.8 Å². The standard InChI is InChI=1S/C21H19N3OS/c1-14(2)26-21-23-18-17(15-9-5-3-6-10-15)13-22-19(18)20(25)24(21)16-11-7-4-8-12-16/h3-14,22H,1-2H3. The molecule has 0 aliphatic rings. The molecule has 4 rings (SSSR count). The van der Waals surface area contributed by atoms with Crippen LogP contribution in [0.1, 0.15) is 13.8 Å². The number of H-pyrrole nitrogens is 1. The third-order valence-electron chi connectivity index (χ3n) is 4.11. The highest BCUT2D eigenvalue weighted by Gasteiger charge is 2.18. The molecule has 0 spiro atoms. The Morgan fingerprint density at radius 1 is 1.00 bits per heavy atom. The van der Waals surface area contributed by atoms with Crippen molar-refractivity contribution in [3.63, 3.8) is 0 Å². The number of rotatable bonds is 4. The van der Waals surface area contributed by atoms with Crippen molar-refractivity contribution < 1.29 is 0 Å². The number of benzene rings is 2. The third-order valence-corrected chi connectivity index (χ3v) is 5.06. The number of hydrogen-bond acceptors (Lipinski definition) is 3. The molecule has 2 aromatic heterocycles. The first kappa shape index (κ1) is 16.7. The zero-order chi connectivity index (χ0) is 18.1. The number of aromatic nitrogens is 3. The Kier molecular flexibility index (Phi) is 4.39. The molecule has 0 radical (unpaired) electrons. The largest absolute Gasteiger partial charge is 0.355 e. The molecule has 130 valence electrons. The molecule has 0 amide bonds. The van der Waals surface area contributed by atoms with E-state index in [1.54, 1.807) is 16.3 Å². The number of hydrogen-bond donors (Lipinski definition) is 1. The molecular weight excluding hydrogens is 342 g/mol. The van der Waals surface area contributed by atoms with Gasteiger partial charge in [0.1, 0.15) is 11.0 Å². The van der Waals surface area contributed by atoms with E-state index in [2.05, 4.69) is 18.8 Å². The van der Waals surface area contributed by atoms with E-state index >= 15 is 0 Å². The van der Waals surface area contributed by atoms with Gasteiger partial charge < -0.3 is 4.98 Å². The molecule has 0 saturated carbocycles. The predicted molar refractivity (Wildman–Crippen MR) is 108 cm³/mol. The van der Waals surface area contributed by atoms with Crippen LogP contribution in [0.3, 0.4) is 0 Å². The van der Waals surface area contributed by atoms with E-state index in [1.165, 1.54) is 0 Å². The van der Waals surface area contributed by atoms with Gasteiger partial charge in [0.25, 0.3) is 5.56 Å². The highest BCUT2D eigenvalue weighted by atomic mass is 32.2. The Morgan fingerprint density at radius 3 is 2.31 bits per heavy atom. The number of nitrogens with one attached hydrogen (secondary N) is 1. The topological polar surface area (TPSA) is 50.7 Å². The van der Waals surface area contributed by atoms with E-state index < -0.39 is 0 Å². The van der Waals surface area contributed by atoms with Gasteiger partial charge in [-0.15, -0.1) is 0 Å². The fourth-order valence-corrected chi connectivity index (χ4v) is 3.83. The summed E-state index contributed by atoms with van der Waals surface area (Å²) in [5.41, 5.74) is 3.99. The van der Waals surface area contributed by atoms with Crippen LogP contribution in [-0.4, -0.2) is 19.8 Å². The maximum atomic E-state index is 13.3. The number of thioether (sulfide) groups is 1. The molecule has 5 heteroatoms. The van der Waals surface area contributed by atoms with Gasteiger partial charge in [0.2, 0.25) is 0 Å². The van der Waals surface area contributed by atoms with E-state index in [0.29, 0.717) is 15.9 Å². The van der Waals surface area contributed by atoms with Gasteiger partial charge in [-0.05, 0) is 17.7 Å². The van der Waals surface area contributed by atoms with Crippen molar-refractivity contribution in [2.45, 2.75) is 24.3 Å². The van der Waals surface area contributed by atoms with Gasteiger partial charge in [-0.3, -0.25) is 9.36 Å². The number of nitrogens with zero attached hydrogens (tertiary/aromatic N) is 2. The number of aromatic amines is 1. The Labute approximate surface area is 155 Å². The second-order valence-corrected chi connectivity index (χ2v) is 7.87. The molecule has 0 unspecified atom stereocenters. The van der Waals surface area contributed by atoms with Crippen molar-refractivity contribution in [2.24, 2.45) is 0 Å². The third kappa shape index (κ3) is 2.95. The monoisotopic (exact) mass is 361 g/mol. The van der Waals surface area contributed by atoms with Gasteiger partial charge in [-0.1, -0.05) is 74.1 Å². The first-order valence-corrected chi connectivity index (χ1v) is 9.45. The van der Waals surface area contributed by atoms with Crippen molar-refractivity contribution in [1.29, 1.82) is 0 Å². The lowest BCUT2D eigenvalue weighted by Crippen LogP contribution is -2.22. The van der Waals surface area contributed by atoms with Gasteiger partial charge in [-0.25, -0.2) is 4.98 Å². The number of para-hydroxylation sites is 1. The fourth-order valence-electron chi connectivity index (χ4n) is 2.97. The van der Waals surface area contributed by atoms with Crippen LogP contribution >= 0.6 is 11.8 Å². The van der Waals surface area contributed by atoms with E-state index in [9.17, 15) is 4.79 Å². The lowest BCUT2D eigenvalue weighted by atomic mass is 10.1. The van der Waals surface area contributed by atoms with Crippen LogP contribution in [0.15, 0.2) is 76.8 Å². The molecule has 0 atom stereocenters. The average molecular weight is 361 g/mol. The maximum Gasteiger partial charge on any atom is 0.283 e. The summed E-state index contributed by atoms with van der Waals surface area (Å²) in [6.45, 7) is 4.21. The zero-order valence-electron chi connectivity index (χ0n) is 14.6. The fraction of sp³-hybridized carbons (Fsp3) is 0.143. The van der Waals surface area contributed by atoms with Crippen molar-refractivity contribution in [3.05, 3.63) is 77.2 Å². The molecule has 0 aliphatic carbocycles. The lowest BCUT2D eigenvalue weighted by Gasteiger charge is -2.13. The van der Waals surface area contributed by atoms with E-state index in [4.69, 9.17) is 4.98 Å². The molecule has 2 heterocycles. The second kappa shape index (κ2) is 6.84. The Balaban J connectivity index is 2.01. The minimum Gasteiger partial charge on any atom is -0.355 e. The maximum absolute atomic E-state index is 13.3. The predicted octanol–water partition coefficient (Wildman–Crippen LogP) is 4.88. The van der Waals surface area contributed by atoms with Crippen molar-refractivity contribution in [2.75, 3.05) is 0 Å². The highest BCUT2D eigenvalue weighted by molar-refractivity contribution is 7.99. The second-order valence-electron chi connectivity index (χ2n) is 6.33. The summed E-state index contributed by atoms with van der Waals surface area (Å²) in [4.78, 5) is 21.3. The zero-order valence-corrected chi connectivity index (χ0v) is 15.5. The summed E-state index contributed by atoms with van der Waals surface area (Å²) in [5.74, 6) is 0. The molecule has 0 saturated heterocycles. The summed E-state index contributed by atoms with van der Waals surface area (Å²) in [6, 6.07) is 19.7. The molecule has 1 N–H and O–H groups in total. The number of fused-ring (bicyclic) bond motifs is 1. The van der Waals surface area contributed by atoms with E-state index in [0.717, 1.165) is 22.3 Å². The SMILES string of the molecule is CC(C)Sc1nc2c(-c3ccccc3)c[nH]c2c(=O)n1-c1ccccc1. The van der Waals surface area contributed by atoms with Gasteiger partial charge in [-0.2, -0.15) is 0 Å². The van der Waals surface area contributed by atoms with Crippen molar-refractivity contribution >= 4 is 22.8 Å². The average Bonchev–Trinajstić information content (AvgIpc) is 3.07. The summed E-state index contributed by atoms with van der Waals surface area (Å²) >= 11 is 1.59. The molecule has 0 bridgehead atoms. The lowest BCUT2D eigenvalue weighted by molar-refractivity contribution is 0.814. The van der Waals surface area contributed by atoms with Crippen molar-refractivity contribution in [1.82, 2.24) is 14.5 Å². The molecule has 2 aromatic carbocycles. The highest BCUT2D eigenvalue weighted by Crippen LogP contribution is 2.29. The normalized spacial score (nSPS) is 11.3. The first-order chi connectivity index (χ1) is 12.6. The summed E-state index contributed by atoms with van der Waals surface area (Å²) in [5, 5.41) is 1.02.